The molecule has 1 aliphatic rings. The van der Waals surface area contributed by atoms with Gasteiger partial charge in [-0.25, -0.2) is 9.97 Å². The van der Waals surface area contributed by atoms with Gasteiger partial charge in [0.1, 0.15) is 11.6 Å². The molecule has 0 bridgehead atoms. The van der Waals surface area contributed by atoms with Crippen molar-refractivity contribution in [3.8, 4) is 0 Å². The Morgan fingerprint density at radius 1 is 1.44 bits per heavy atom. The molecule has 1 atom stereocenters. The highest BCUT2D eigenvalue weighted by Gasteiger charge is 2.25. The molecule has 0 aliphatic carbocycles. The van der Waals surface area contributed by atoms with E-state index in [-0.39, 0.29) is 6.61 Å². The first kappa shape index (κ1) is 13.3. The van der Waals surface area contributed by atoms with Crippen molar-refractivity contribution in [3.05, 3.63) is 17.6 Å². The van der Waals surface area contributed by atoms with Gasteiger partial charge in [0, 0.05) is 31.0 Å². The highest BCUT2D eigenvalue weighted by Crippen LogP contribution is 2.27. The number of nitrogens with zero attached hydrogens (tertiary/aromatic N) is 3. The number of aryl methyl sites for hydroxylation is 2. The highest BCUT2D eigenvalue weighted by atomic mass is 16.2. The largest absolute Gasteiger partial charge is 0.396 e. The fourth-order valence-electron chi connectivity index (χ4n) is 2.70. The second-order valence-corrected chi connectivity index (χ2v) is 4.97. The van der Waals surface area contributed by atoms with E-state index in [1.54, 1.807) is 0 Å². The fraction of sp³-hybridized carbons (Fsp3) is 0.714. The smallest absolute Gasteiger partial charge is 0.132 e. The molecule has 1 unspecified atom stereocenters. The maximum absolute atomic E-state index is 8.97. The van der Waals surface area contributed by atoms with Crippen molar-refractivity contribution in [2.45, 2.75) is 52.0 Å². The summed E-state index contributed by atoms with van der Waals surface area (Å²) in [5.41, 5.74) is 1.12. The average molecular weight is 249 g/mol. The molecule has 1 fully saturated rings. The third-order valence-corrected chi connectivity index (χ3v) is 3.61. The molecule has 1 saturated heterocycles. The molecule has 2 rings (SSSR count). The van der Waals surface area contributed by atoms with Gasteiger partial charge in [0.05, 0.1) is 0 Å². The lowest BCUT2D eigenvalue weighted by Crippen LogP contribution is -2.30. The van der Waals surface area contributed by atoms with Gasteiger partial charge in [0.25, 0.3) is 0 Å². The van der Waals surface area contributed by atoms with Crippen molar-refractivity contribution in [1.29, 1.82) is 0 Å². The molecule has 4 nitrogen and oxygen atoms in total. The molecule has 0 saturated carbocycles. The average Bonchev–Trinajstić information content (AvgIpc) is 2.83. The quantitative estimate of drug-likeness (QED) is 0.868. The molecule has 0 aromatic carbocycles. The Morgan fingerprint density at radius 3 is 3.00 bits per heavy atom. The van der Waals surface area contributed by atoms with Crippen molar-refractivity contribution in [3.63, 3.8) is 0 Å². The molecule has 1 aliphatic heterocycles. The van der Waals surface area contributed by atoms with E-state index in [1.165, 1.54) is 12.8 Å². The highest BCUT2D eigenvalue weighted by molar-refractivity contribution is 5.42. The lowest BCUT2D eigenvalue weighted by Gasteiger charge is -2.26. The molecule has 0 spiro atoms. The first-order valence-corrected chi connectivity index (χ1v) is 6.96. The fourth-order valence-corrected chi connectivity index (χ4v) is 2.70. The van der Waals surface area contributed by atoms with E-state index in [2.05, 4.69) is 27.9 Å². The Balaban J connectivity index is 2.16. The predicted molar refractivity (Wildman–Crippen MR) is 72.8 cm³/mol. The van der Waals surface area contributed by atoms with Crippen LogP contribution in [0.1, 0.15) is 44.1 Å². The molecule has 18 heavy (non-hydrogen) atoms. The minimum absolute atomic E-state index is 0.285. The van der Waals surface area contributed by atoms with Crippen molar-refractivity contribution < 1.29 is 5.11 Å². The van der Waals surface area contributed by atoms with E-state index >= 15 is 0 Å². The van der Waals surface area contributed by atoms with Gasteiger partial charge in [-0.15, -0.1) is 0 Å². The molecular formula is C14H23N3O. The van der Waals surface area contributed by atoms with Gasteiger partial charge in [-0.3, -0.25) is 0 Å². The van der Waals surface area contributed by atoms with Crippen LogP contribution in [0.3, 0.4) is 0 Å². The summed E-state index contributed by atoms with van der Waals surface area (Å²) in [5.74, 6) is 1.93. The Labute approximate surface area is 109 Å². The van der Waals surface area contributed by atoms with E-state index in [9.17, 15) is 0 Å². The van der Waals surface area contributed by atoms with Crippen molar-refractivity contribution in [2.24, 2.45) is 0 Å². The van der Waals surface area contributed by atoms with Crippen LogP contribution in [0.15, 0.2) is 6.07 Å². The van der Waals surface area contributed by atoms with Gasteiger partial charge in [0.15, 0.2) is 0 Å². The first-order valence-electron chi connectivity index (χ1n) is 6.96. The summed E-state index contributed by atoms with van der Waals surface area (Å²) in [7, 11) is 0. The summed E-state index contributed by atoms with van der Waals surface area (Å²) in [6.07, 6.45) is 5.32. The lowest BCUT2D eigenvalue weighted by molar-refractivity contribution is 0.279. The van der Waals surface area contributed by atoms with Crippen LogP contribution >= 0.6 is 0 Å². The Morgan fingerprint density at radius 2 is 2.28 bits per heavy atom. The zero-order valence-electron chi connectivity index (χ0n) is 11.4. The molecule has 100 valence electrons. The zero-order valence-corrected chi connectivity index (χ0v) is 11.4. The third kappa shape index (κ3) is 2.99. The van der Waals surface area contributed by atoms with Gasteiger partial charge < -0.3 is 10.0 Å². The first-order chi connectivity index (χ1) is 8.74. The van der Waals surface area contributed by atoms with E-state index in [0.29, 0.717) is 6.04 Å². The summed E-state index contributed by atoms with van der Waals surface area (Å²) in [5, 5.41) is 8.97. The van der Waals surface area contributed by atoms with Crippen molar-refractivity contribution >= 4 is 5.82 Å². The van der Waals surface area contributed by atoms with Crippen molar-refractivity contribution in [1.82, 2.24) is 9.97 Å². The molecule has 1 aromatic rings. The second kappa shape index (κ2) is 6.14. The number of hydrogen-bond acceptors (Lipinski definition) is 4. The summed E-state index contributed by atoms with van der Waals surface area (Å²) < 4.78 is 0. The van der Waals surface area contributed by atoms with Gasteiger partial charge in [-0.1, -0.05) is 6.92 Å². The van der Waals surface area contributed by atoms with Crippen LogP contribution in [0.5, 0.6) is 0 Å². The summed E-state index contributed by atoms with van der Waals surface area (Å²) in [6.45, 7) is 5.45. The van der Waals surface area contributed by atoms with Crippen LogP contribution in [0.25, 0.3) is 0 Å². The second-order valence-electron chi connectivity index (χ2n) is 4.97. The number of hydrogen-bond donors (Lipinski definition) is 1. The summed E-state index contributed by atoms with van der Waals surface area (Å²) in [6, 6.07) is 2.65. The van der Waals surface area contributed by atoms with Gasteiger partial charge in [0.2, 0.25) is 0 Å². The summed E-state index contributed by atoms with van der Waals surface area (Å²) in [4.78, 5) is 11.4. The standard InChI is InChI=1S/C14H23N3O/c1-3-12-10-14(16-11(2)15-12)17-8-4-6-13(17)7-5-9-18/h10,13,18H,3-9H2,1-2H3. The Bertz CT molecular complexity index is 395. The van der Waals surface area contributed by atoms with Crippen LogP contribution in [0.4, 0.5) is 5.82 Å². The zero-order chi connectivity index (χ0) is 13.0. The molecule has 1 N–H and O–H groups in total. The Hall–Kier alpha value is -1.16. The number of aliphatic hydroxyl groups is 1. The monoisotopic (exact) mass is 249 g/mol. The topological polar surface area (TPSA) is 49.2 Å². The lowest BCUT2D eigenvalue weighted by atomic mass is 10.1. The van der Waals surface area contributed by atoms with Crippen LogP contribution < -0.4 is 4.90 Å². The maximum atomic E-state index is 8.97. The van der Waals surface area contributed by atoms with E-state index in [0.717, 1.165) is 43.1 Å². The summed E-state index contributed by atoms with van der Waals surface area (Å²) >= 11 is 0. The third-order valence-electron chi connectivity index (χ3n) is 3.61. The molecular weight excluding hydrogens is 226 g/mol. The molecule has 2 heterocycles. The van der Waals surface area contributed by atoms with Gasteiger partial charge >= 0.3 is 0 Å². The molecule has 0 radical (unpaired) electrons. The number of aromatic nitrogens is 2. The predicted octanol–water partition coefficient (Wildman–Crippen LogP) is 2.09. The number of rotatable bonds is 5. The maximum Gasteiger partial charge on any atom is 0.132 e. The van der Waals surface area contributed by atoms with E-state index < -0.39 is 0 Å². The molecule has 4 heteroatoms. The number of aliphatic hydroxyl groups excluding tert-OH is 1. The SMILES string of the molecule is CCc1cc(N2CCCC2CCCO)nc(C)n1. The van der Waals surface area contributed by atoms with E-state index in [4.69, 9.17) is 5.11 Å². The van der Waals surface area contributed by atoms with Gasteiger partial charge in [-0.05, 0) is 39.0 Å². The molecule has 1 aromatic heterocycles. The van der Waals surface area contributed by atoms with Crippen LogP contribution in [-0.2, 0) is 6.42 Å². The number of anilines is 1. The van der Waals surface area contributed by atoms with Crippen LogP contribution in [-0.4, -0.2) is 34.3 Å². The normalized spacial score (nSPS) is 19.5. The van der Waals surface area contributed by atoms with E-state index in [1.807, 2.05) is 6.92 Å². The minimum atomic E-state index is 0.285. The van der Waals surface area contributed by atoms with Crippen molar-refractivity contribution in [2.75, 3.05) is 18.1 Å². The Kier molecular flexibility index (Phi) is 4.53. The van der Waals surface area contributed by atoms with Crippen LogP contribution in [0, 0.1) is 6.92 Å². The van der Waals surface area contributed by atoms with Crippen LogP contribution in [0.2, 0.25) is 0 Å². The minimum Gasteiger partial charge on any atom is -0.396 e. The molecule has 0 amide bonds. The van der Waals surface area contributed by atoms with Gasteiger partial charge in [-0.2, -0.15) is 0 Å².